The van der Waals surface area contributed by atoms with E-state index in [9.17, 15) is 18.0 Å². The van der Waals surface area contributed by atoms with E-state index in [1.165, 1.54) is 12.1 Å². The van der Waals surface area contributed by atoms with Gasteiger partial charge in [-0.3, -0.25) is 4.98 Å². The lowest BCUT2D eigenvalue weighted by molar-refractivity contribution is -0.136. The fraction of sp³-hybridized carbons (Fsp3) is 0.231. The first-order valence-electron chi connectivity index (χ1n) is 5.77. The Bertz CT molecular complexity index is 668. The summed E-state index contributed by atoms with van der Waals surface area (Å²) in [5.41, 5.74) is 4.46. The van der Waals surface area contributed by atoms with Gasteiger partial charge in [-0.05, 0) is 13.0 Å². The fourth-order valence-corrected chi connectivity index (χ4v) is 1.84. The molecule has 0 amide bonds. The van der Waals surface area contributed by atoms with E-state index >= 15 is 0 Å². The lowest BCUT2D eigenvalue weighted by atomic mass is 10.1. The number of alkyl halides is 3. The predicted molar refractivity (Wildman–Crippen MR) is 67.1 cm³/mol. The third kappa shape index (κ3) is 2.38. The second-order valence-corrected chi connectivity index (χ2v) is 4.01. The van der Waals surface area contributed by atoms with Crippen molar-refractivity contribution < 1.29 is 22.7 Å². The van der Waals surface area contributed by atoms with Crippen molar-refractivity contribution in [1.29, 1.82) is 0 Å². The van der Waals surface area contributed by atoms with Crippen LogP contribution in [0.2, 0.25) is 0 Å². The van der Waals surface area contributed by atoms with Gasteiger partial charge < -0.3 is 10.5 Å². The molecule has 0 fully saturated rings. The monoisotopic (exact) mass is 284 g/mol. The summed E-state index contributed by atoms with van der Waals surface area (Å²) >= 11 is 0. The lowest BCUT2D eigenvalue weighted by Crippen LogP contribution is -2.11. The van der Waals surface area contributed by atoms with Crippen LogP contribution in [0.4, 0.5) is 18.9 Å². The van der Waals surface area contributed by atoms with E-state index in [1.807, 2.05) is 0 Å². The van der Waals surface area contributed by atoms with E-state index in [0.717, 1.165) is 12.3 Å². The molecule has 0 aliphatic carbocycles. The molecule has 0 saturated heterocycles. The van der Waals surface area contributed by atoms with Gasteiger partial charge in [0.2, 0.25) is 0 Å². The van der Waals surface area contributed by atoms with Crippen molar-refractivity contribution in [2.24, 2.45) is 0 Å². The number of esters is 1. The van der Waals surface area contributed by atoms with Gasteiger partial charge in [0.25, 0.3) is 0 Å². The van der Waals surface area contributed by atoms with Crippen molar-refractivity contribution in [3.8, 4) is 0 Å². The number of hydrogen-bond donors (Lipinski definition) is 1. The molecule has 0 atom stereocenters. The minimum absolute atomic E-state index is 0.0429. The SMILES string of the molecule is CCOC(=O)c1cnc2c(C(F)(F)F)cccc2c1N. The van der Waals surface area contributed by atoms with E-state index in [4.69, 9.17) is 10.5 Å². The molecule has 0 spiro atoms. The van der Waals surface area contributed by atoms with E-state index in [-0.39, 0.29) is 28.8 Å². The topological polar surface area (TPSA) is 65.2 Å². The summed E-state index contributed by atoms with van der Waals surface area (Å²) in [6, 6.07) is 3.52. The molecule has 7 heteroatoms. The molecule has 20 heavy (non-hydrogen) atoms. The Hall–Kier alpha value is -2.31. The van der Waals surface area contributed by atoms with Crippen molar-refractivity contribution in [2.75, 3.05) is 12.3 Å². The van der Waals surface area contributed by atoms with Crippen molar-refractivity contribution in [2.45, 2.75) is 13.1 Å². The van der Waals surface area contributed by atoms with Crippen LogP contribution in [-0.4, -0.2) is 17.6 Å². The summed E-state index contributed by atoms with van der Waals surface area (Å²) in [7, 11) is 0. The average Bonchev–Trinajstić information content (AvgIpc) is 2.37. The number of carbonyl (C=O) groups excluding carboxylic acids is 1. The molecule has 0 aliphatic rings. The molecule has 4 nitrogen and oxygen atoms in total. The number of anilines is 1. The first kappa shape index (κ1) is 14.1. The van der Waals surface area contributed by atoms with Crippen LogP contribution in [0, 0.1) is 0 Å². The highest BCUT2D eigenvalue weighted by atomic mass is 19.4. The molecule has 0 aliphatic heterocycles. The standard InChI is InChI=1S/C13H11F3N2O2/c1-2-20-12(19)8-6-18-11-7(10(8)17)4-3-5-9(11)13(14,15)16/h3-6H,2H2,1H3,(H2,17,18). The van der Waals surface area contributed by atoms with Gasteiger partial charge in [-0.1, -0.05) is 12.1 Å². The third-order valence-electron chi connectivity index (χ3n) is 2.74. The van der Waals surface area contributed by atoms with Crippen LogP contribution < -0.4 is 5.73 Å². The highest BCUT2D eigenvalue weighted by molar-refractivity contribution is 6.04. The number of pyridine rings is 1. The molecular weight excluding hydrogens is 273 g/mol. The number of fused-ring (bicyclic) bond motifs is 1. The molecule has 0 bridgehead atoms. The van der Waals surface area contributed by atoms with Crippen LogP contribution in [0.1, 0.15) is 22.8 Å². The maximum absolute atomic E-state index is 12.9. The molecule has 0 unspecified atom stereocenters. The molecular formula is C13H11F3N2O2. The molecule has 1 aromatic heterocycles. The van der Waals surface area contributed by atoms with E-state index in [2.05, 4.69) is 4.98 Å². The molecule has 0 saturated carbocycles. The van der Waals surface area contributed by atoms with Crippen LogP contribution in [0.25, 0.3) is 10.9 Å². The van der Waals surface area contributed by atoms with Crippen molar-refractivity contribution in [1.82, 2.24) is 4.98 Å². The highest BCUT2D eigenvalue weighted by Crippen LogP contribution is 2.35. The number of para-hydroxylation sites is 1. The maximum Gasteiger partial charge on any atom is 0.418 e. The van der Waals surface area contributed by atoms with Gasteiger partial charge in [0.15, 0.2) is 0 Å². The second kappa shape index (κ2) is 4.99. The van der Waals surface area contributed by atoms with E-state index < -0.39 is 17.7 Å². The van der Waals surface area contributed by atoms with Gasteiger partial charge in [0.1, 0.15) is 5.56 Å². The Labute approximate surface area is 112 Å². The van der Waals surface area contributed by atoms with Gasteiger partial charge in [0, 0.05) is 11.6 Å². The maximum atomic E-state index is 12.9. The number of nitrogens with zero attached hydrogens (tertiary/aromatic N) is 1. The summed E-state index contributed by atoms with van der Waals surface area (Å²) in [5, 5.41) is 0.0744. The molecule has 1 heterocycles. The normalized spacial score (nSPS) is 11.6. The second-order valence-electron chi connectivity index (χ2n) is 4.01. The third-order valence-corrected chi connectivity index (χ3v) is 2.74. The Morgan fingerprint density at radius 3 is 2.70 bits per heavy atom. The number of halogens is 3. The zero-order valence-electron chi connectivity index (χ0n) is 10.5. The van der Waals surface area contributed by atoms with E-state index in [1.54, 1.807) is 6.92 Å². The average molecular weight is 284 g/mol. The summed E-state index contributed by atoms with van der Waals surface area (Å²) in [5.74, 6) is -0.711. The summed E-state index contributed by atoms with van der Waals surface area (Å²) in [4.78, 5) is 15.3. The summed E-state index contributed by atoms with van der Waals surface area (Å²) in [6.07, 6.45) is -3.53. The van der Waals surface area contributed by atoms with Gasteiger partial charge in [-0.2, -0.15) is 13.2 Å². The molecule has 106 valence electrons. The zero-order valence-corrected chi connectivity index (χ0v) is 10.5. The number of nitrogen functional groups attached to an aromatic ring is 1. The quantitative estimate of drug-likeness (QED) is 0.861. The van der Waals surface area contributed by atoms with Crippen LogP contribution in [-0.2, 0) is 10.9 Å². The first-order valence-corrected chi connectivity index (χ1v) is 5.77. The lowest BCUT2D eigenvalue weighted by Gasteiger charge is -2.12. The van der Waals surface area contributed by atoms with Crippen LogP contribution >= 0.6 is 0 Å². The minimum Gasteiger partial charge on any atom is -0.462 e. The molecule has 2 rings (SSSR count). The summed E-state index contributed by atoms with van der Waals surface area (Å²) < 4.78 is 43.3. The van der Waals surface area contributed by atoms with Gasteiger partial charge >= 0.3 is 12.1 Å². The number of aromatic nitrogens is 1. The Morgan fingerprint density at radius 1 is 1.40 bits per heavy atom. The molecule has 1 aromatic carbocycles. The zero-order chi connectivity index (χ0) is 14.9. The Morgan fingerprint density at radius 2 is 2.10 bits per heavy atom. The highest BCUT2D eigenvalue weighted by Gasteiger charge is 2.33. The van der Waals surface area contributed by atoms with Crippen molar-refractivity contribution in [3.05, 3.63) is 35.5 Å². The van der Waals surface area contributed by atoms with E-state index in [0.29, 0.717) is 0 Å². The molecule has 2 aromatic rings. The smallest absolute Gasteiger partial charge is 0.418 e. The number of hydrogen-bond acceptors (Lipinski definition) is 4. The molecule has 2 N–H and O–H groups in total. The number of nitrogens with two attached hydrogens (primary N) is 1. The Balaban J connectivity index is 2.67. The van der Waals surface area contributed by atoms with Crippen molar-refractivity contribution in [3.63, 3.8) is 0 Å². The predicted octanol–water partition coefficient (Wildman–Crippen LogP) is 3.01. The first-order chi connectivity index (χ1) is 9.36. The van der Waals surface area contributed by atoms with Gasteiger partial charge in [-0.25, -0.2) is 4.79 Å². The van der Waals surface area contributed by atoms with Gasteiger partial charge in [-0.15, -0.1) is 0 Å². The van der Waals surface area contributed by atoms with Gasteiger partial charge in [0.05, 0.1) is 23.4 Å². The largest absolute Gasteiger partial charge is 0.462 e. The minimum atomic E-state index is -4.54. The van der Waals surface area contributed by atoms with Crippen LogP contribution in [0.5, 0.6) is 0 Å². The van der Waals surface area contributed by atoms with Crippen molar-refractivity contribution >= 4 is 22.6 Å². The number of ether oxygens (including phenoxy) is 1. The summed E-state index contributed by atoms with van der Waals surface area (Å²) in [6.45, 7) is 1.75. The number of benzene rings is 1. The van der Waals surface area contributed by atoms with Crippen LogP contribution in [0.3, 0.4) is 0 Å². The number of carbonyl (C=O) groups is 1. The Kier molecular flexibility index (Phi) is 3.52. The fourth-order valence-electron chi connectivity index (χ4n) is 1.84. The molecule has 0 radical (unpaired) electrons. The van der Waals surface area contributed by atoms with Crippen LogP contribution in [0.15, 0.2) is 24.4 Å². The number of rotatable bonds is 2.